The third-order valence-electron chi connectivity index (χ3n) is 6.65. The number of methoxy groups -OCH3 is 1. The lowest BCUT2D eigenvalue weighted by Crippen LogP contribution is -2.24. The van der Waals surface area contributed by atoms with Gasteiger partial charge in [-0.05, 0) is 74.9 Å². The Morgan fingerprint density at radius 2 is 1.28 bits per heavy atom. The second kappa shape index (κ2) is 8.30. The molecule has 0 radical (unpaired) electrons. The Labute approximate surface area is 209 Å². The van der Waals surface area contributed by atoms with Gasteiger partial charge in [0.15, 0.2) is 0 Å². The van der Waals surface area contributed by atoms with Crippen LogP contribution in [0.1, 0.15) is 30.8 Å². The van der Waals surface area contributed by atoms with E-state index < -0.39 is 5.41 Å². The maximum absolute atomic E-state index is 5.68. The zero-order valence-corrected chi connectivity index (χ0v) is 20.7. The van der Waals surface area contributed by atoms with Crippen molar-refractivity contribution in [2.45, 2.75) is 26.2 Å². The first kappa shape index (κ1) is 22.0. The van der Waals surface area contributed by atoms with Crippen LogP contribution in [0, 0.1) is 6.92 Å². The standard InChI is InChI=1S/C29H26N6O/c1-19-15-23(32-25(16-19)34-13-9-20-7-5-11-30-27(20)34)29(2,3)24-17-22(36-4)18-26(33-24)35-14-10-21-8-6-12-31-28(21)35/h5-18H,1-4H3. The highest BCUT2D eigenvalue weighted by Crippen LogP contribution is 2.34. The highest BCUT2D eigenvalue weighted by molar-refractivity contribution is 5.78. The molecule has 0 aliphatic carbocycles. The van der Waals surface area contributed by atoms with Gasteiger partial charge < -0.3 is 4.74 Å². The Morgan fingerprint density at radius 3 is 1.86 bits per heavy atom. The molecular weight excluding hydrogens is 448 g/mol. The number of ether oxygens (including phenoxy) is 1. The largest absolute Gasteiger partial charge is 0.497 e. The fourth-order valence-corrected chi connectivity index (χ4v) is 4.58. The first-order valence-corrected chi connectivity index (χ1v) is 11.8. The van der Waals surface area contributed by atoms with Gasteiger partial charge >= 0.3 is 0 Å². The summed E-state index contributed by atoms with van der Waals surface area (Å²) >= 11 is 0. The van der Waals surface area contributed by atoms with Crippen LogP contribution in [0.2, 0.25) is 0 Å². The highest BCUT2D eigenvalue weighted by atomic mass is 16.5. The average Bonchev–Trinajstić information content (AvgIpc) is 3.53. The summed E-state index contributed by atoms with van der Waals surface area (Å²) in [5.41, 5.74) is 4.12. The van der Waals surface area contributed by atoms with Crippen LogP contribution < -0.4 is 4.74 Å². The minimum Gasteiger partial charge on any atom is -0.497 e. The predicted molar refractivity (Wildman–Crippen MR) is 141 cm³/mol. The van der Waals surface area contributed by atoms with Gasteiger partial charge in [0.25, 0.3) is 0 Å². The van der Waals surface area contributed by atoms with E-state index in [-0.39, 0.29) is 0 Å². The van der Waals surface area contributed by atoms with Crippen molar-refractivity contribution in [1.82, 2.24) is 29.1 Å². The minimum absolute atomic E-state index is 0.503. The summed E-state index contributed by atoms with van der Waals surface area (Å²) in [4.78, 5) is 19.3. The summed E-state index contributed by atoms with van der Waals surface area (Å²) in [6.45, 7) is 6.37. The molecule has 0 unspecified atom stereocenters. The van der Waals surface area contributed by atoms with Crippen molar-refractivity contribution >= 4 is 22.1 Å². The van der Waals surface area contributed by atoms with Crippen molar-refractivity contribution in [2.24, 2.45) is 0 Å². The van der Waals surface area contributed by atoms with Crippen molar-refractivity contribution in [2.75, 3.05) is 7.11 Å². The van der Waals surface area contributed by atoms with Gasteiger partial charge in [-0.3, -0.25) is 9.13 Å². The van der Waals surface area contributed by atoms with E-state index in [9.17, 15) is 0 Å². The fraction of sp³-hybridized carbons (Fsp3) is 0.172. The zero-order valence-electron chi connectivity index (χ0n) is 20.7. The van der Waals surface area contributed by atoms with Gasteiger partial charge in [-0.15, -0.1) is 0 Å². The van der Waals surface area contributed by atoms with Crippen LogP contribution in [-0.2, 0) is 5.41 Å². The van der Waals surface area contributed by atoms with Gasteiger partial charge in [0, 0.05) is 53.1 Å². The molecule has 36 heavy (non-hydrogen) atoms. The quantitative estimate of drug-likeness (QED) is 0.316. The van der Waals surface area contributed by atoms with Crippen molar-refractivity contribution in [3.8, 4) is 17.4 Å². The van der Waals surface area contributed by atoms with Crippen LogP contribution in [0.25, 0.3) is 33.7 Å². The Hall–Kier alpha value is -4.52. The molecule has 0 atom stereocenters. The summed E-state index contributed by atoms with van der Waals surface area (Å²) in [5, 5.41) is 2.13. The van der Waals surface area contributed by atoms with E-state index in [0.717, 1.165) is 56.4 Å². The molecule has 7 nitrogen and oxygen atoms in total. The monoisotopic (exact) mass is 474 g/mol. The molecule has 0 saturated heterocycles. The van der Waals surface area contributed by atoms with Gasteiger partial charge in [0.2, 0.25) is 0 Å². The first-order valence-electron chi connectivity index (χ1n) is 11.8. The number of nitrogens with zero attached hydrogens (tertiary/aromatic N) is 6. The zero-order chi connectivity index (χ0) is 24.9. The van der Waals surface area contributed by atoms with Crippen LogP contribution in [0.5, 0.6) is 5.75 Å². The number of rotatable bonds is 5. The van der Waals surface area contributed by atoms with Crippen LogP contribution in [0.4, 0.5) is 0 Å². The molecule has 7 heteroatoms. The number of pyridine rings is 4. The highest BCUT2D eigenvalue weighted by Gasteiger charge is 2.29. The third kappa shape index (κ3) is 3.60. The molecule has 0 amide bonds. The van der Waals surface area contributed by atoms with Crippen molar-refractivity contribution in [3.05, 3.63) is 102 Å². The Kier molecular flexibility index (Phi) is 5.07. The Morgan fingerprint density at radius 1 is 0.722 bits per heavy atom. The average molecular weight is 475 g/mol. The Bertz CT molecular complexity index is 1730. The molecule has 6 aromatic heterocycles. The number of aryl methyl sites for hydroxylation is 1. The maximum atomic E-state index is 5.68. The summed E-state index contributed by atoms with van der Waals surface area (Å²) in [6, 6.07) is 20.2. The maximum Gasteiger partial charge on any atom is 0.145 e. The summed E-state index contributed by atoms with van der Waals surface area (Å²) in [5.74, 6) is 2.31. The summed E-state index contributed by atoms with van der Waals surface area (Å²) in [7, 11) is 1.68. The predicted octanol–water partition coefficient (Wildman–Crippen LogP) is 5.80. The van der Waals surface area contributed by atoms with Crippen LogP contribution in [-0.4, -0.2) is 36.2 Å². The number of aromatic nitrogens is 6. The second-order valence-corrected chi connectivity index (χ2v) is 9.47. The van der Waals surface area contributed by atoms with Crippen LogP contribution in [0.15, 0.2) is 85.5 Å². The molecule has 0 N–H and O–H groups in total. The number of hydrogen-bond acceptors (Lipinski definition) is 5. The molecule has 0 bridgehead atoms. The van der Waals surface area contributed by atoms with Crippen molar-refractivity contribution < 1.29 is 4.74 Å². The van der Waals surface area contributed by atoms with Gasteiger partial charge in [0.1, 0.15) is 28.7 Å². The first-order chi connectivity index (χ1) is 17.4. The molecule has 0 saturated carbocycles. The van der Waals surface area contributed by atoms with E-state index in [4.69, 9.17) is 14.7 Å². The van der Waals surface area contributed by atoms with Crippen LogP contribution >= 0.6 is 0 Å². The second-order valence-electron chi connectivity index (χ2n) is 9.47. The van der Waals surface area contributed by atoms with Gasteiger partial charge in [0.05, 0.1) is 18.5 Å². The molecule has 0 spiro atoms. The molecule has 6 rings (SSSR count). The lowest BCUT2D eigenvalue weighted by molar-refractivity contribution is 0.411. The minimum atomic E-state index is -0.503. The molecule has 6 heterocycles. The third-order valence-corrected chi connectivity index (χ3v) is 6.65. The SMILES string of the molecule is COc1cc(-n2ccc3cccnc32)nc(C(C)(C)c2cc(C)cc(-n3ccc4cccnc43)n2)c1. The lowest BCUT2D eigenvalue weighted by atomic mass is 9.84. The van der Waals surface area contributed by atoms with Crippen molar-refractivity contribution in [1.29, 1.82) is 0 Å². The molecule has 0 aliphatic heterocycles. The fourth-order valence-electron chi connectivity index (χ4n) is 4.58. The smallest absolute Gasteiger partial charge is 0.145 e. The lowest BCUT2D eigenvalue weighted by Gasteiger charge is -2.26. The van der Waals surface area contributed by atoms with E-state index in [0.29, 0.717) is 0 Å². The van der Waals surface area contributed by atoms with E-state index >= 15 is 0 Å². The number of hydrogen-bond donors (Lipinski definition) is 0. The Balaban J connectivity index is 1.49. The van der Waals surface area contributed by atoms with Crippen LogP contribution in [0.3, 0.4) is 0 Å². The van der Waals surface area contributed by atoms with E-state index in [1.807, 2.05) is 57.9 Å². The molecule has 0 fully saturated rings. The molecule has 0 aliphatic rings. The molecule has 0 aromatic carbocycles. The molecular formula is C29H26N6O. The summed E-state index contributed by atoms with van der Waals surface area (Å²) < 4.78 is 9.71. The van der Waals surface area contributed by atoms with Gasteiger partial charge in [-0.1, -0.05) is 0 Å². The van der Waals surface area contributed by atoms with Gasteiger partial charge in [-0.25, -0.2) is 19.9 Å². The van der Waals surface area contributed by atoms with E-state index in [2.05, 4.69) is 55.0 Å². The molecule has 178 valence electrons. The van der Waals surface area contributed by atoms with E-state index in [1.54, 1.807) is 19.5 Å². The topological polar surface area (TPSA) is 70.7 Å². The van der Waals surface area contributed by atoms with Crippen molar-refractivity contribution in [3.63, 3.8) is 0 Å². The number of fused-ring (bicyclic) bond motifs is 2. The normalized spacial score (nSPS) is 11.9. The van der Waals surface area contributed by atoms with E-state index in [1.165, 1.54) is 0 Å². The van der Waals surface area contributed by atoms with Gasteiger partial charge in [-0.2, -0.15) is 0 Å². The molecule has 6 aromatic rings. The summed E-state index contributed by atoms with van der Waals surface area (Å²) in [6.07, 6.45) is 7.61.